The first-order valence-corrected chi connectivity index (χ1v) is 7.69. The monoisotopic (exact) mass is 327 g/mol. The molecule has 0 N–H and O–H groups in total. The first-order valence-electron chi connectivity index (χ1n) is 6.08. The number of rotatable bonds is 1. The molecule has 0 fully saturated rings. The number of fused-ring (bicyclic) bond motifs is 3. The van der Waals surface area contributed by atoms with Crippen LogP contribution in [0.1, 0.15) is 0 Å². The van der Waals surface area contributed by atoms with E-state index in [0.29, 0.717) is 0 Å². The molecular weight excluding hydrogens is 318 g/mol. The van der Waals surface area contributed by atoms with Crippen LogP contribution in [0, 0.1) is 0 Å². The van der Waals surface area contributed by atoms with E-state index in [-0.39, 0.29) is 0 Å². The van der Waals surface area contributed by atoms with E-state index in [9.17, 15) is 0 Å². The van der Waals surface area contributed by atoms with E-state index in [2.05, 4.69) is 81.2 Å². The van der Waals surface area contributed by atoms with Gasteiger partial charge in [-0.25, -0.2) is 0 Å². The second kappa shape index (κ2) is 4.22. The van der Waals surface area contributed by atoms with Crippen molar-refractivity contribution in [1.29, 1.82) is 0 Å². The molecular formula is C16H10BrNS. The fraction of sp³-hybridized carbons (Fsp3) is 0. The number of hydrogen-bond donors (Lipinski definition) is 0. The lowest BCUT2D eigenvalue weighted by Crippen LogP contribution is -1.91. The van der Waals surface area contributed by atoms with Crippen molar-refractivity contribution < 1.29 is 0 Å². The zero-order valence-electron chi connectivity index (χ0n) is 10.0. The molecule has 0 bridgehead atoms. The van der Waals surface area contributed by atoms with Gasteiger partial charge in [0.25, 0.3) is 0 Å². The Morgan fingerprint density at radius 3 is 2.42 bits per heavy atom. The highest BCUT2D eigenvalue weighted by Crippen LogP contribution is 2.38. The predicted molar refractivity (Wildman–Crippen MR) is 86.4 cm³/mol. The van der Waals surface area contributed by atoms with Crippen LogP contribution < -0.4 is 0 Å². The molecule has 0 aliphatic carbocycles. The Morgan fingerprint density at radius 1 is 0.842 bits per heavy atom. The Morgan fingerprint density at radius 2 is 1.58 bits per heavy atom. The van der Waals surface area contributed by atoms with Gasteiger partial charge in [-0.3, -0.25) is 0 Å². The molecule has 1 nitrogen and oxygen atoms in total. The molecule has 0 saturated carbocycles. The normalized spacial score (nSPS) is 11.4. The number of para-hydroxylation sites is 2. The van der Waals surface area contributed by atoms with Crippen LogP contribution in [-0.4, -0.2) is 4.57 Å². The van der Waals surface area contributed by atoms with Crippen LogP contribution in [0.5, 0.6) is 0 Å². The van der Waals surface area contributed by atoms with E-state index in [4.69, 9.17) is 0 Å². The van der Waals surface area contributed by atoms with Crippen LogP contribution in [0.3, 0.4) is 0 Å². The van der Waals surface area contributed by atoms with Crippen LogP contribution in [0.15, 0.2) is 64.5 Å². The highest BCUT2D eigenvalue weighted by Gasteiger charge is 2.13. The van der Waals surface area contributed by atoms with Crippen LogP contribution in [0.4, 0.5) is 0 Å². The van der Waals surface area contributed by atoms with E-state index >= 15 is 0 Å². The van der Waals surface area contributed by atoms with Gasteiger partial charge in [-0.1, -0.05) is 36.4 Å². The summed E-state index contributed by atoms with van der Waals surface area (Å²) in [6.07, 6.45) is 0. The smallest absolute Gasteiger partial charge is 0.109 e. The maximum atomic E-state index is 3.60. The lowest BCUT2D eigenvalue weighted by molar-refractivity contribution is 1.19. The van der Waals surface area contributed by atoms with Crippen LogP contribution in [-0.2, 0) is 0 Å². The van der Waals surface area contributed by atoms with Gasteiger partial charge in [0.05, 0.1) is 9.30 Å². The minimum absolute atomic E-state index is 1.17. The standard InChI is InChI=1S/C16H10BrNS/c17-15-10-13-12-8-4-5-9-14(12)18(16(13)19-15)11-6-2-1-3-7-11/h1-10H. The van der Waals surface area contributed by atoms with Gasteiger partial charge in [-0.15, -0.1) is 11.3 Å². The van der Waals surface area contributed by atoms with E-state index in [1.807, 2.05) is 0 Å². The summed E-state index contributed by atoms with van der Waals surface area (Å²) in [5.41, 5.74) is 2.48. The second-order valence-corrected chi connectivity index (χ2v) is 6.87. The summed E-state index contributed by atoms with van der Waals surface area (Å²) >= 11 is 5.38. The number of hydrogen-bond acceptors (Lipinski definition) is 1. The lowest BCUT2D eigenvalue weighted by Gasteiger charge is -2.05. The van der Waals surface area contributed by atoms with Gasteiger partial charge in [0.2, 0.25) is 0 Å². The molecule has 2 heterocycles. The molecule has 3 heteroatoms. The van der Waals surface area contributed by atoms with Crippen molar-refractivity contribution in [2.75, 3.05) is 0 Å². The molecule has 19 heavy (non-hydrogen) atoms. The topological polar surface area (TPSA) is 4.93 Å². The third-order valence-electron chi connectivity index (χ3n) is 3.34. The van der Waals surface area contributed by atoms with Crippen molar-refractivity contribution in [2.45, 2.75) is 0 Å². The van der Waals surface area contributed by atoms with E-state index < -0.39 is 0 Å². The number of benzene rings is 2. The summed E-state index contributed by atoms with van der Waals surface area (Å²) in [5.74, 6) is 0. The molecule has 0 spiro atoms. The molecule has 0 atom stereocenters. The summed E-state index contributed by atoms with van der Waals surface area (Å²) in [6, 6.07) is 21.3. The van der Waals surface area contributed by atoms with Crippen molar-refractivity contribution in [1.82, 2.24) is 4.57 Å². The minimum Gasteiger partial charge on any atom is -0.301 e. The van der Waals surface area contributed by atoms with E-state index in [1.54, 1.807) is 11.3 Å². The number of aromatic nitrogens is 1. The van der Waals surface area contributed by atoms with Crippen molar-refractivity contribution in [3.8, 4) is 5.69 Å². The van der Waals surface area contributed by atoms with Gasteiger partial charge in [-0.2, -0.15) is 0 Å². The molecule has 0 amide bonds. The minimum atomic E-state index is 1.17. The Bertz CT molecular complexity index is 874. The molecule has 4 rings (SSSR count). The molecule has 0 saturated heterocycles. The van der Waals surface area contributed by atoms with Crippen LogP contribution in [0.2, 0.25) is 0 Å². The van der Waals surface area contributed by atoms with Gasteiger partial charge in [0, 0.05) is 16.5 Å². The molecule has 0 aliphatic heterocycles. The van der Waals surface area contributed by atoms with Crippen LogP contribution in [0.25, 0.3) is 26.8 Å². The Labute approximate surface area is 123 Å². The molecule has 0 aliphatic rings. The third kappa shape index (κ3) is 1.66. The summed E-state index contributed by atoms with van der Waals surface area (Å²) in [4.78, 5) is 1.29. The molecule has 0 radical (unpaired) electrons. The maximum absolute atomic E-state index is 3.60. The third-order valence-corrected chi connectivity index (χ3v) is 4.96. The van der Waals surface area contributed by atoms with Gasteiger partial charge in [0.1, 0.15) is 4.83 Å². The van der Waals surface area contributed by atoms with E-state index in [1.165, 1.54) is 30.6 Å². The highest BCUT2D eigenvalue weighted by molar-refractivity contribution is 9.11. The fourth-order valence-electron chi connectivity index (χ4n) is 2.55. The zero-order valence-corrected chi connectivity index (χ0v) is 12.4. The van der Waals surface area contributed by atoms with Crippen molar-refractivity contribution in [2.24, 2.45) is 0 Å². The largest absolute Gasteiger partial charge is 0.301 e. The maximum Gasteiger partial charge on any atom is 0.109 e. The van der Waals surface area contributed by atoms with Crippen LogP contribution >= 0.6 is 27.3 Å². The lowest BCUT2D eigenvalue weighted by atomic mass is 10.2. The molecule has 0 unspecified atom stereocenters. The average molecular weight is 328 g/mol. The summed E-state index contributed by atoms with van der Waals surface area (Å²) in [7, 11) is 0. The first kappa shape index (κ1) is 11.3. The first-order chi connectivity index (χ1) is 9.34. The SMILES string of the molecule is Brc1cc2c3ccccc3n(-c3ccccc3)c2s1. The number of nitrogens with zero attached hydrogens (tertiary/aromatic N) is 1. The van der Waals surface area contributed by atoms with Crippen molar-refractivity contribution in [3.63, 3.8) is 0 Å². The fourth-order valence-corrected chi connectivity index (χ4v) is 4.17. The number of thiophene rings is 1. The molecule has 2 aromatic carbocycles. The second-order valence-electron chi connectivity index (χ2n) is 4.46. The Balaban J connectivity index is 2.22. The molecule has 4 aromatic rings. The number of halogens is 1. The summed E-state index contributed by atoms with van der Waals surface area (Å²) < 4.78 is 3.51. The zero-order chi connectivity index (χ0) is 12.8. The van der Waals surface area contributed by atoms with Crippen molar-refractivity contribution >= 4 is 48.4 Å². The predicted octanol–water partition coefficient (Wildman–Crippen LogP) is 5.61. The Hall–Kier alpha value is -1.58. The molecule has 92 valence electrons. The summed E-state index contributed by atoms with van der Waals surface area (Å²) in [5, 5.41) is 2.62. The Kier molecular flexibility index (Phi) is 2.50. The highest BCUT2D eigenvalue weighted by atomic mass is 79.9. The molecule has 2 aromatic heterocycles. The van der Waals surface area contributed by atoms with Gasteiger partial charge >= 0.3 is 0 Å². The van der Waals surface area contributed by atoms with E-state index in [0.717, 1.165) is 0 Å². The quantitative estimate of drug-likeness (QED) is 0.428. The van der Waals surface area contributed by atoms with Gasteiger partial charge in [-0.05, 0) is 40.2 Å². The average Bonchev–Trinajstić information content (AvgIpc) is 2.95. The van der Waals surface area contributed by atoms with Crippen molar-refractivity contribution in [3.05, 3.63) is 64.5 Å². The van der Waals surface area contributed by atoms with Gasteiger partial charge < -0.3 is 4.57 Å². The van der Waals surface area contributed by atoms with Gasteiger partial charge in [0.15, 0.2) is 0 Å². The summed E-state index contributed by atoms with van der Waals surface area (Å²) in [6.45, 7) is 0.